The first-order chi connectivity index (χ1) is 24.0. The number of aliphatic hydroxyl groups excluding tert-OH is 1. The van der Waals surface area contributed by atoms with Gasteiger partial charge in [0.25, 0.3) is 0 Å². The number of ketones is 1. The lowest BCUT2D eigenvalue weighted by molar-refractivity contribution is -0.109. The van der Waals surface area contributed by atoms with Crippen molar-refractivity contribution >= 4 is 55.5 Å². The summed E-state index contributed by atoms with van der Waals surface area (Å²) in [6, 6.07) is 20.9. The molecule has 2 spiro atoms. The lowest BCUT2D eigenvalue weighted by Gasteiger charge is -2.51. The van der Waals surface area contributed by atoms with Gasteiger partial charge in [-0.25, -0.2) is 0 Å². The Hall–Kier alpha value is -4.32. The van der Waals surface area contributed by atoms with Gasteiger partial charge >= 0.3 is 0 Å². The van der Waals surface area contributed by atoms with Crippen LogP contribution >= 0.6 is 0 Å². The number of benzene rings is 4. The average molecular weight is 667 g/mol. The van der Waals surface area contributed by atoms with Crippen LogP contribution in [-0.2, 0) is 4.79 Å². The highest BCUT2D eigenvalue weighted by Crippen LogP contribution is 2.51. The summed E-state index contributed by atoms with van der Waals surface area (Å²) < 4.78 is 0. The van der Waals surface area contributed by atoms with E-state index in [0.29, 0.717) is 46.7 Å². The van der Waals surface area contributed by atoms with Gasteiger partial charge in [0.2, 0.25) is 5.78 Å². The quantitative estimate of drug-likeness (QED) is 0.175. The topological polar surface area (TPSA) is 85.8 Å². The zero-order chi connectivity index (χ0) is 34.7. The molecule has 50 heavy (non-hydrogen) atoms. The SMILES string of the molecule is CC(C)C1CCC(C)C2(C1)N=c1c(=C3C(=O)C(c4ccc5cccc6c5c4NC4(CC(C(C)C)CCC4C)N6)=C3O)ccc3cccc(c13)N2. The van der Waals surface area contributed by atoms with Crippen molar-refractivity contribution in [2.45, 2.75) is 91.4 Å². The van der Waals surface area contributed by atoms with E-state index in [2.05, 4.69) is 106 Å². The van der Waals surface area contributed by atoms with Crippen LogP contribution < -0.4 is 26.5 Å². The summed E-state index contributed by atoms with van der Waals surface area (Å²) in [5.41, 5.74) is 3.89. The minimum absolute atomic E-state index is 0.0711. The molecule has 258 valence electrons. The second-order valence-corrected chi connectivity index (χ2v) is 16.9. The number of Topliss-reactive ketones (excluding diaryl/α,β-unsaturated/α-hetero) is 1. The maximum absolute atomic E-state index is 14.6. The monoisotopic (exact) mass is 666 g/mol. The number of hydrogen-bond donors (Lipinski definition) is 4. The Bertz CT molecular complexity index is 2270. The third kappa shape index (κ3) is 4.45. The van der Waals surface area contributed by atoms with E-state index in [1.54, 1.807) is 0 Å². The predicted molar refractivity (Wildman–Crippen MR) is 206 cm³/mol. The van der Waals surface area contributed by atoms with E-state index in [1.807, 2.05) is 12.1 Å². The Morgan fingerprint density at radius 1 is 0.720 bits per heavy atom. The summed E-state index contributed by atoms with van der Waals surface area (Å²) in [5, 5.41) is 29.8. The molecule has 9 rings (SSSR count). The standard InChI is InChI=1S/C44H50N4O2/c1-23(2)29-15-13-25(5)43(21-29)45-33-11-7-9-27-17-19-31(39(47-43)35(27)33)37-41(49)38(42(37)50)32-20-18-28-10-8-12-34-36(28)40(32)48-44(46-34)22-30(24(3)4)16-14-26(44)6/h7-12,17-20,23-26,29-30,45-47,49H,13-16,21-22H2,1-6H3. The molecule has 6 nitrogen and oxygen atoms in total. The van der Waals surface area contributed by atoms with Crippen LogP contribution in [0.25, 0.3) is 32.7 Å². The number of hydrogen-bond acceptors (Lipinski definition) is 6. The molecule has 0 bridgehead atoms. The number of carbonyl (C=O) groups excluding carboxylic acids is 1. The fraction of sp³-hybridized carbons (Fsp3) is 0.455. The lowest BCUT2D eigenvalue weighted by Crippen LogP contribution is -2.57. The third-order valence-electron chi connectivity index (χ3n) is 13.5. The molecule has 4 aromatic rings. The first-order valence-corrected chi connectivity index (χ1v) is 19.0. The smallest absolute Gasteiger partial charge is 0.201 e. The molecule has 0 aromatic heterocycles. The predicted octanol–water partition coefficient (Wildman–Crippen LogP) is 9.16. The fourth-order valence-electron chi connectivity index (χ4n) is 10.1. The Morgan fingerprint density at radius 2 is 1.36 bits per heavy atom. The van der Waals surface area contributed by atoms with Gasteiger partial charge in [0.05, 0.1) is 22.2 Å². The van der Waals surface area contributed by atoms with Crippen LogP contribution in [0.15, 0.2) is 71.4 Å². The van der Waals surface area contributed by atoms with Crippen molar-refractivity contribution in [3.05, 3.63) is 82.6 Å². The molecule has 6 unspecified atom stereocenters. The van der Waals surface area contributed by atoms with Gasteiger partial charge in [0.1, 0.15) is 17.1 Å². The van der Waals surface area contributed by atoms with Gasteiger partial charge in [-0.2, -0.15) is 0 Å². The summed E-state index contributed by atoms with van der Waals surface area (Å²) in [6.45, 7) is 13.9. The van der Waals surface area contributed by atoms with Crippen molar-refractivity contribution in [1.82, 2.24) is 0 Å². The molecule has 4 aromatic carbocycles. The van der Waals surface area contributed by atoms with Gasteiger partial charge in [-0.05, 0) is 96.9 Å². The van der Waals surface area contributed by atoms with Crippen LogP contribution in [0.5, 0.6) is 0 Å². The Kier molecular flexibility index (Phi) is 7.02. The van der Waals surface area contributed by atoms with Crippen LogP contribution in [0.1, 0.15) is 85.6 Å². The van der Waals surface area contributed by atoms with Crippen LogP contribution in [0, 0.1) is 35.5 Å². The maximum Gasteiger partial charge on any atom is 0.201 e. The summed E-state index contributed by atoms with van der Waals surface area (Å²) in [7, 11) is 0. The van der Waals surface area contributed by atoms with E-state index in [0.717, 1.165) is 80.4 Å². The number of aliphatic hydroxyl groups is 1. The van der Waals surface area contributed by atoms with Gasteiger partial charge in [0, 0.05) is 32.9 Å². The van der Waals surface area contributed by atoms with Crippen LogP contribution in [0.4, 0.5) is 17.1 Å². The summed E-state index contributed by atoms with van der Waals surface area (Å²) in [6.07, 6.45) is 6.61. The number of nitrogens with zero attached hydrogens (tertiary/aromatic N) is 1. The van der Waals surface area contributed by atoms with Gasteiger partial charge in [0.15, 0.2) is 0 Å². The molecule has 0 amide bonds. The van der Waals surface area contributed by atoms with E-state index < -0.39 is 5.66 Å². The number of nitrogens with one attached hydrogen (secondary N) is 3. The number of anilines is 3. The molecule has 6 heteroatoms. The van der Waals surface area contributed by atoms with Crippen molar-refractivity contribution < 1.29 is 9.90 Å². The van der Waals surface area contributed by atoms with Crippen LogP contribution in [0.2, 0.25) is 0 Å². The maximum atomic E-state index is 14.6. The second kappa shape index (κ2) is 11.1. The molecule has 3 aliphatic carbocycles. The van der Waals surface area contributed by atoms with Crippen LogP contribution in [0.3, 0.4) is 0 Å². The fourth-order valence-corrected chi connectivity index (χ4v) is 10.1. The highest BCUT2D eigenvalue weighted by molar-refractivity contribution is 6.52. The minimum Gasteiger partial charge on any atom is -0.506 e. The van der Waals surface area contributed by atoms with E-state index >= 15 is 0 Å². The van der Waals surface area contributed by atoms with Gasteiger partial charge in [-0.3, -0.25) is 9.79 Å². The molecule has 2 aliphatic heterocycles. The van der Waals surface area contributed by atoms with E-state index in [9.17, 15) is 9.90 Å². The Morgan fingerprint density at radius 3 is 2.06 bits per heavy atom. The molecular formula is C44H50N4O2. The number of rotatable bonds is 3. The van der Waals surface area contributed by atoms with E-state index in [4.69, 9.17) is 4.99 Å². The minimum atomic E-state index is -0.450. The zero-order valence-corrected chi connectivity index (χ0v) is 30.3. The largest absolute Gasteiger partial charge is 0.506 e. The Labute approximate surface area is 295 Å². The first-order valence-electron chi connectivity index (χ1n) is 19.0. The normalized spacial score (nSPS) is 31.2. The highest BCUT2D eigenvalue weighted by atomic mass is 16.3. The van der Waals surface area contributed by atoms with Gasteiger partial charge < -0.3 is 21.1 Å². The van der Waals surface area contributed by atoms with Crippen molar-refractivity contribution in [3.8, 4) is 0 Å². The van der Waals surface area contributed by atoms with E-state index in [-0.39, 0.29) is 17.2 Å². The van der Waals surface area contributed by atoms with Gasteiger partial charge in [-0.15, -0.1) is 0 Å². The first kappa shape index (κ1) is 31.6. The van der Waals surface area contributed by atoms with Gasteiger partial charge in [-0.1, -0.05) is 90.1 Å². The molecule has 6 atom stereocenters. The second-order valence-electron chi connectivity index (χ2n) is 16.9. The summed E-state index contributed by atoms with van der Waals surface area (Å²) in [5.74, 6) is 2.99. The van der Waals surface area contributed by atoms with Crippen molar-refractivity contribution in [1.29, 1.82) is 0 Å². The molecule has 2 saturated carbocycles. The lowest BCUT2D eigenvalue weighted by atomic mass is 9.69. The molecule has 2 heterocycles. The van der Waals surface area contributed by atoms with Crippen molar-refractivity contribution in [2.24, 2.45) is 40.5 Å². The Balaban J connectivity index is 1.24. The molecule has 0 saturated heterocycles. The van der Waals surface area contributed by atoms with E-state index in [1.165, 1.54) is 12.8 Å². The highest BCUT2D eigenvalue weighted by Gasteiger charge is 2.48. The molecule has 2 fully saturated rings. The number of carbonyl (C=O) groups is 1. The summed E-state index contributed by atoms with van der Waals surface area (Å²) in [4.78, 5) is 20.2. The van der Waals surface area contributed by atoms with Crippen molar-refractivity contribution in [3.63, 3.8) is 0 Å². The molecule has 0 radical (unpaired) electrons. The zero-order valence-electron chi connectivity index (χ0n) is 30.3. The summed E-state index contributed by atoms with van der Waals surface area (Å²) >= 11 is 0. The number of allylic oxidation sites excluding steroid dienone is 2. The molecular weight excluding hydrogens is 617 g/mol. The van der Waals surface area contributed by atoms with Crippen LogP contribution in [-0.4, -0.2) is 22.2 Å². The third-order valence-corrected chi connectivity index (χ3v) is 13.5. The average Bonchev–Trinajstić information content (AvgIpc) is 3.09. The molecule has 5 aliphatic rings. The molecule has 4 N–H and O–H groups in total. The van der Waals surface area contributed by atoms with Crippen molar-refractivity contribution in [2.75, 3.05) is 16.0 Å².